The SMILES string of the molecule is C=C/C=C\C=C(/N=O)c1ccccc1. The molecule has 0 saturated carbocycles. The highest BCUT2D eigenvalue weighted by molar-refractivity contribution is 5.65. The molecule has 1 rings (SSSR count). The van der Waals surface area contributed by atoms with E-state index in [4.69, 9.17) is 0 Å². The van der Waals surface area contributed by atoms with Gasteiger partial charge in [-0.3, -0.25) is 0 Å². The first-order valence-corrected chi connectivity index (χ1v) is 4.26. The van der Waals surface area contributed by atoms with Gasteiger partial charge in [-0.2, -0.15) is 0 Å². The summed E-state index contributed by atoms with van der Waals surface area (Å²) in [6.45, 7) is 3.53. The van der Waals surface area contributed by atoms with Gasteiger partial charge in [0, 0.05) is 5.56 Å². The fraction of sp³-hybridized carbons (Fsp3) is 0. The van der Waals surface area contributed by atoms with Crippen molar-refractivity contribution in [1.82, 2.24) is 0 Å². The molecule has 0 aromatic heterocycles. The number of nitroso groups, excluding NO2 is 1. The Hall–Kier alpha value is -1.96. The fourth-order valence-electron chi connectivity index (χ4n) is 1.01. The van der Waals surface area contributed by atoms with E-state index in [2.05, 4.69) is 11.8 Å². The Morgan fingerprint density at radius 2 is 1.93 bits per heavy atom. The van der Waals surface area contributed by atoms with E-state index in [1.165, 1.54) is 0 Å². The summed E-state index contributed by atoms with van der Waals surface area (Å²) < 4.78 is 0. The van der Waals surface area contributed by atoms with Gasteiger partial charge in [-0.1, -0.05) is 55.1 Å². The fourth-order valence-corrected chi connectivity index (χ4v) is 1.01. The number of nitrogens with zero attached hydrogens (tertiary/aromatic N) is 1. The third-order valence-electron chi connectivity index (χ3n) is 1.67. The van der Waals surface area contributed by atoms with Gasteiger partial charge in [0.15, 0.2) is 0 Å². The van der Waals surface area contributed by atoms with Gasteiger partial charge in [0.05, 0.1) is 0 Å². The summed E-state index contributed by atoms with van der Waals surface area (Å²) >= 11 is 0. The molecule has 0 unspecified atom stereocenters. The summed E-state index contributed by atoms with van der Waals surface area (Å²) in [5, 5.41) is 2.96. The molecule has 0 aliphatic carbocycles. The molecule has 1 aromatic rings. The van der Waals surface area contributed by atoms with Crippen LogP contribution < -0.4 is 0 Å². The molecule has 0 amide bonds. The van der Waals surface area contributed by atoms with Gasteiger partial charge in [-0.15, -0.1) is 4.91 Å². The van der Waals surface area contributed by atoms with E-state index in [9.17, 15) is 4.91 Å². The van der Waals surface area contributed by atoms with Crippen LogP contribution in [-0.2, 0) is 0 Å². The van der Waals surface area contributed by atoms with Crippen LogP contribution in [0.15, 0.2) is 66.4 Å². The lowest BCUT2D eigenvalue weighted by atomic mass is 10.1. The van der Waals surface area contributed by atoms with Crippen molar-refractivity contribution in [2.45, 2.75) is 0 Å². The quantitative estimate of drug-likeness (QED) is 0.521. The molecule has 0 radical (unpaired) electrons. The van der Waals surface area contributed by atoms with Crippen LogP contribution >= 0.6 is 0 Å². The highest BCUT2D eigenvalue weighted by Gasteiger charge is 1.97. The Morgan fingerprint density at radius 3 is 2.50 bits per heavy atom. The molecule has 0 spiro atoms. The maximum atomic E-state index is 10.5. The smallest absolute Gasteiger partial charge is 0.115 e. The lowest BCUT2D eigenvalue weighted by Gasteiger charge is -1.95. The number of rotatable bonds is 4. The van der Waals surface area contributed by atoms with Gasteiger partial charge in [-0.25, -0.2) is 0 Å². The summed E-state index contributed by atoms with van der Waals surface area (Å²) in [7, 11) is 0. The molecule has 0 heterocycles. The molecule has 0 N–H and O–H groups in total. The van der Waals surface area contributed by atoms with Crippen molar-refractivity contribution >= 4 is 5.70 Å². The van der Waals surface area contributed by atoms with Crippen molar-refractivity contribution in [2.24, 2.45) is 5.18 Å². The zero-order valence-electron chi connectivity index (χ0n) is 7.76. The lowest BCUT2D eigenvalue weighted by Crippen LogP contribution is -1.77. The molecule has 0 aliphatic heterocycles. The van der Waals surface area contributed by atoms with Gasteiger partial charge in [0.2, 0.25) is 0 Å². The van der Waals surface area contributed by atoms with Crippen LogP contribution in [0, 0.1) is 4.91 Å². The monoisotopic (exact) mass is 185 g/mol. The minimum atomic E-state index is 0.420. The number of hydrogen-bond donors (Lipinski definition) is 0. The first kappa shape index (κ1) is 10.1. The van der Waals surface area contributed by atoms with E-state index in [1.54, 1.807) is 24.3 Å². The van der Waals surface area contributed by atoms with Crippen LogP contribution in [0.3, 0.4) is 0 Å². The van der Waals surface area contributed by atoms with Crippen LogP contribution in [0.25, 0.3) is 5.70 Å². The average Bonchev–Trinajstić information content (AvgIpc) is 2.26. The largest absolute Gasteiger partial charge is 0.145 e. The second-order valence-corrected chi connectivity index (χ2v) is 2.63. The van der Waals surface area contributed by atoms with Crippen molar-refractivity contribution in [2.75, 3.05) is 0 Å². The van der Waals surface area contributed by atoms with Crippen molar-refractivity contribution in [3.8, 4) is 0 Å². The molecular formula is C12H11NO. The Balaban J connectivity index is 2.93. The predicted molar refractivity (Wildman–Crippen MR) is 59.6 cm³/mol. The minimum Gasteiger partial charge on any atom is -0.145 e. The van der Waals surface area contributed by atoms with Gasteiger partial charge in [0.1, 0.15) is 5.70 Å². The summed E-state index contributed by atoms with van der Waals surface area (Å²) in [6.07, 6.45) is 6.78. The van der Waals surface area contributed by atoms with Crippen LogP contribution in [0.1, 0.15) is 5.56 Å². The maximum Gasteiger partial charge on any atom is 0.115 e. The van der Waals surface area contributed by atoms with Crippen molar-refractivity contribution in [3.63, 3.8) is 0 Å². The third-order valence-corrected chi connectivity index (χ3v) is 1.67. The molecule has 1 aromatic carbocycles. The van der Waals surface area contributed by atoms with Crippen molar-refractivity contribution in [1.29, 1.82) is 0 Å². The van der Waals surface area contributed by atoms with E-state index in [-0.39, 0.29) is 0 Å². The van der Waals surface area contributed by atoms with Crippen LogP contribution in [-0.4, -0.2) is 0 Å². The standard InChI is InChI=1S/C12H11NO/c1-2-3-5-10-12(13-14)11-8-6-4-7-9-11/h2-10H,1H2/b5-3-,12-10-. The highest BCUT2D eigenvalue weighted by atomic mass is 16.3. The first-order chi connectivity index (χ1) is 6.88. The Labute approximate surface area is 83.2 Å². The van der Waals surface area contributed by atoms with Gasteiger partial charge in [-0.05, 0) is 11.3 Å². The normalized spacial score (nSPS) is 11.6. The number of allylic oxidation sites excluding steroid dienone is 4. The molecule has 0 atom stereocenters. The summed E-state index contributed by atoms with van der Waals surface area (Å²) in [5.74, 6) is 0. The molecule has 70 valence electrons. The molecule has 2 nitrogen and oxygen atoms in total. The van der Waals surface area contributed by atoms with Crippen molar-refractivity contribution < 1.29 is 0 Å². The van der Waals surface area contributed by atoms with Crippen LogP contribution in [0.5, 0.6) is 0 Å². The zero-order chi connectivity index (χ0) is 10.2. The van der Waals surface area contributed by atoms with Crippen LogP contribution in [0.2, 0.25) is 0 Å². The number of hydrogen-bond acceptors (Lipinski definition) is 2. The highest BCUT2D eigenvalue weighted by Crippen LogP contribution is 2.14. The van der Waals surface area contributed by atoms with E-state index in [1.807, 2.05) is 30.3 Å². The Bertz CT molecular complexity index is 363. The first-order valence-electron chi connectivity index (χ1n) is 4.26. The maximum absolute atomic E-state index is 10.5. The lowest BCUT2D eigenvalue weighted by molar-refractivity contribution is 1.48. The summed E-state index contributed by atoms with van der Waals surface area (Å²) in [4.78, 5) is 10.5. The zero-order valence-corrected chi connectivity index (χ0v) is 7.76. The van der Waals surface area contributed by atoms with E-state index < -0.39 is 0 Å². The second-order valence-electron chi connectivity index (χ2n) is 2.63. The topological polar surface area (TPSA) is 29.4 Å². The summed E-state index contributed by atoms with van der Waals surface area (Å²) in [6, 6.07) is 9.31. The minimum absolute atomic E-state index is 0.420. The van der Waals surface area contributed by atoms with E-state index in [0.29, 0.717) is 5.70 Å². The molecule has 0 aliphatic rings. The average molecular weight is 185 g/mol. The number of benzene rings is 1. The van der Waals surface area contributed by atoms with E-state index >= 15 is 0 Å². The summed E-state index contributed by atoms with van der Waals surface area (Å²) in [5.41, 5.74) is 1.24. The molecule has 0 bridgehead atoms. The molecule has 2 heteroatoms. The van der Waals surface area contributed by atoms with E-state index in [0.717, 1.165) is 5.56 Å². The van der Waals surface area contributed by atoms with Crippen molar-refractivity contribution in [3.05, 3.63) is 71.7 Å². The Kier molecular flexibility index (Phi) is 4.08. The third kappa shape index (κ3) is 2.83. The predicted octanol–water partition coefficient (Wildman–Crippen LogP) is 3.54. The molecule has 0 fully saturated rings. The van der Waals surface area contributed by atoms with Gasteiger partial charge >= 0.3 is 0 Å². The van der Waals surface area contributed by atoms with Gasteiger partial charge < -0.3 is 0 Å². The molecule has 14 heavy (non-hydrogen) atoms. The molecular weight excluding hydrogens is 174 g/mol. The Morgan fingerprint density at radius 1 is 1.21 bits per heavy atom. The van der Waals surface area contributed by atoms with Gasteiger partial charge in [0.25, 0.3) is 0 Å². The second kappa shape index (κ2) is 5.65. The van der Waals surface area contributed by atoms with Crippen LogP contribution in [0.4, 0.5) is 0 Å². The molecule has 0 saturated heterocycles.